The minimum Gasteiger partial charge on any atom is -0.461 e. The van der Waals surface area contributed by atoms with Crippen molar-refractivity contribution >= 4 is 39.4 Å². The number of benzene rings is 1. The molecule has 4 N–H and O–H groups in total. The Kier molecular flexibility index (Phi) is 27.5. The highest BCUT2D eigenvalue weighted by atomic mass is 32.2. The van der Waals surface area contributed by atoms with Gasteiger partial charge in [-0.15, -0.1) is 0 Å². The molecule has 6 rings (SSSR count). The molecular formula is C63H104N4O20S. The predicted molar refractivity (Wildman–Crippen MR) is 324 cm³/mol. The summed E-state index contributed by atoms with van der Waals surface area (Å²) >= 11 is 0. The second-order valence-corrected chi connectivity index (χ2v) is 28.6. The number of rotatable bonds is 22. The Labute approximate surface area is 521 Å². The molecular weight excluding hydrogens is 1160 g/mol. The van der Waals surface area contributed by atoms with Gasteiger partial charge in [-0.05, 0) is 77.2 Å². The summed E-state index contributed by atoms with van der Waals surface area (Å²) in [7, 11) is 1.19. The van der Waals surface area contributed by atoms with Crippen LogP contribution in [0.5, 0.6) is 0 Å². The van der Waals surface area contributed by atoms with Crippen molar-refractivity contribution in [2.75, 3.05) is 78.8 Å². The number of ketones is 1. The number of alkyl carbamates (subject to hydrolysis) is 1. The highest BCUT2D eigenvalue weighted by molar-refractivity contribution is 7.91. The summed E-state index contributed by atoms with van der Waals surface area (Å²) in [5.41, 5.74) is -2.10. The molecule has 24 nitrogen and oxygen atoms in total. The summed E-state index contributed by atoms with van der Waals surface area (Å²) in [5, 5.41) is 33.0. The van der Waals surface area contributed by atoms with Gasteiger partial charge >= 0.3 is 18.0 Å². The number of sulfone groups is 1. The van der Waals surface area contributed by atoms with Crippen LogP contribution >= 0.6 is 0 Å². The number of oxime groups is 1. The number of esters is 2. The molecule has 5 aliphatic heterocycles. The molecule has 5 fully saturated rings. The number of nitrogens with zero attached hydrogens (tertiary/aromatic N) is 2. The maximum absolute atomic E-state index is 15.6. The number of hydrogen-bond donors (Lipinski definition) is 4. The quantitative estimate of drug-likeness (QED) is 0.0674. The second kappa shape index (κ2) is 33.1. The summed E-state index contributed by atoms with van der Waals surface area (Å²) in [5.74, 6) is -6.45. The number of carbonyl (C=O) groups excluding carboxylic acids is 4. The zero-order valence-electron chi connectivity index (χ0n) is 54.6. The fourth-order valence-corrected chi connectivity index (χ4v) is 14.9. The predicted octanol–water partition coefficient (Wildman–Crippen LogP) is 5.01. The van der Waals surface area contributed by atoms with Gasteiger partial charge in [0.05, 0.1) is 66.7 Å². The van der Waals surface area contributed by atoms with Crippen molar-refractivity contribution in [2.24, 2.45) is 46.6 Å². The number of methoxy groups -OCH3 is 3. The van der Waals surface area contributed by atoms with Gasteiger partial charge in [-0.25, -0.2) is 13.2 Å². The maximum Gasteiger partial charge on any atom is 0.408 e. The van der Waals surface area contributed by atoms with Crippen LogP contribution in [0.4, 0.5) is 4.79 Å². The van der Waals surface area contributed by atoms with E-state index in [2.05, 4.69) is 20.7 Å². The molecule has 0 bridgehead atoms. The van der Waals surface area contributed by atoms with Crippen molar-refractivity contribution in [1.29, 1.82) is 0 Å². The first-order valence-electron chi connectivity index (χ1n) is 31.5. The Morgan fingerprint density at radius 1 is 0.886 bits per heavy atom. The van der Waals surface area contributed by atoms with Crippen LogP contribution in [0.3, 0.4) is 0 Å². The zero-order chi connectivity index (χ0) is 64.8. The molecule has 21 atom stereocenters. The first kappa shape index (κ1) is 73.1. The topological polar surface area (TPSA) is 293 Å². The molecule has 0 spiro atoms. The van der Waals surface area contributed by atoms with Crippen LogP contribution in [0.15, 0.2) is 35.5 Å². The average Bonchev–Trinajstić information content (AvgIpc) is 1.60. The van der Waals surface area contributed by atoms with E-state index in [0.29, 0.717) is 38.2 Å². The van der Waals surface area contributed by atoms with Crippen LogP contribution in [0.1, 0.15) is 121 Å². The molecule has 25 heteroatoms. The standard InChI is InChI=1S/C63H104N4O20S/c1-36(2)25-49(68)84-54-42(8)52(39(5)31-79-60-56(77-14)55(76-13)50(69)45(11)83-60)85-58(72)44(10)53(38(4)26-37(3)28-62(12,57(71)43(54)9)87-61(73)65-29-46-19-17-16-18-20-46)86-63(35-81-66-48-27-40(6)82-59(78-15)51(48)70)33-67(30-41(7)80-34-63)23-22-64-47-21-24-88(74,75)32-47/h16-20,36-45,47,50-56,59-60,64,69-70H,21-35H2,1-15H3,(H,65,73)/b66-48-/t37-,38-,39+,40-,41+,42+,43-,44-,45-,47?,50-,51-,52-,53+,54-,55-,56-,59-,60-,62+,63+/m1/s1. The summed E-state index contributed by atoms with van der Waals surface area (Å²) in [4.78, 5) is 67.8. The molecule has 5 saturated heterocycles. The SMILES string of the molecule is CO[C@@H]1O[C@H](C)C/C(=N/OC[C@@]2(O[C@H]3[C@H](C)C[C@@H](C)C[C@](C)(OC(=O)NCc4ccccc4)C(=O)[C@H](C)[C@H](OC(=O)CC(C)C)[C@@H](C)[C@@H]([C@@H](C)CO[C@@H]4O[C@H](C)[C@@H](O)[C@@H](OC)[C@H]4OC)OC(=O)[C@@H]3C)CO[C@@H](C)CN(CCNC3CCS(=O)(=O)C3)C2)[C@H]1O. The molecule has 0 radical (unpaired) electrons. The van der Waals surface area contributed by atoms with Gasteiger partial charge in [-0.2, -0.15) is 0 Å². The highest BCUT2D eigenvalue weighted by Gasteiger charge is 2.52. The Hall–Kier alpha value is -3.96. The molecule has 1 aromatic rings. The van der Waals surface area contributed by atoms with E-state index in [4.69, 9.17) is 56.9 Å². The van der Waals surface area contributed by atoms with Gasteiger partial charge in [-0.1, -0.05) is 84.0 Å². The van der Waals surface area contributed by atoms with E-state index in [1.54, 1.807) is 41.5 Å². The van der Waals surface area contributed by atoms with E-state index in [-0.39, 0.29) is 87.8 Å². The summed E-state index contributed by atoms with van der Waals surface area (Å²) in [6.45, 7) is 22.9. The number of carbonyl (C=O) groups is 4. The van der Waals surface area contributed by atoms with Gasteiger partial charge in [0.15, 0.2) is 33.8 Å². The Bertz CT molecular complexity index is 2530. The maximum atomic E-state index is 15.6. The van der Waals surface area contributed by atoms with E-state index < -0.39 is 142 Å². The smallest absolute Gasteiger partial charge is 0.408 e. The third kappa shape index (κ3) is 20.0. The van der Waals surface area contributed by atoms with E-state index in [1.807, 2.05) is 71.9 Å². The fourth-order valence-electron chi connectivity index (χ4n) is 13.2. The first-order valence-corrected chi connectivity index (χ1v) is 33.3. The van der Waals surface area contributed by atoms with Gasteiger partial charge in [-0.3, -0.25) is 19.3 Å². The molecule has 5 aliphatic rings. The minimum atomic E-state index is -3.15. The van der Waals surface area contributed by atoms with Crippen LogP contribution in [0.25, 0.3) is 0 Å². The van der Waals surface area contributed by atoms with E-state index in [1.165, 1.54) is 21.3 Å². The van der Waals surface area contributed by atoms with Crippen molar-refractivity contribution < 1.29 is 94.8 Å². The third-order valence-corrected chi connectivity index (χ3v) is 19.6. The molecule has 0 aromatic heterocycles. The van der Waals surface area contributed by atoms with Crippen molar-refractivity contribution in [3.63, 3.8) is 0 Å². The normalized spacial score (nSPS) is 38.1. The van der Waals surface area contributed by atoms with E-state index in [9.17, 15) is 28.2 Å². The Morgan fingerprint density at radius 3 is 2.24 bits per heavy atom. The van der Waals surface area contributed by atoms with Crippen LogP contribution < -0.4 is 10.6 Å². The van der Waals surface area contributed by atoms with Gasteiger partial charge in [0.1, 0.15) is 48.8 Å². The lowest BCUT2D eigenvalue weighted by Crippen LogP contribution is -2.59. The van der Waals surface area contributed by atoms with Crippen molar-refractivity contribution in [1.82, 2.24) is 15.5 Å². The van der Waals surface area contributed by atoms with Gasteiger partial charge in [0.25, 0.3) is 0 Å². The lowest BCUT2D eigenvalue weighted by Gasteiger charge is -2.44. The summed E-state index contributed by atoms with van der Waals surface area (Å²) in [6, 6.07) is 9.07. The van der Waals surface area contributed by atoms with Crippen LogP contribution in [0, 0.1) is 41.4 Å². The molecule has 0 saturated carbocycles. The first-order chi connectivity index (χ1) is 41.5. The van der Waals surface area contributed by atoms with Gasteiger partial charge in [0.2, 0.25) is 0 Å². The second-order valence-electron chi connectivity index (χ2n) is 26.4. The number of hydrogen-bond acceptors (Lipinski definition) is 23. The van der Waals surface area contributed by atoms with Crippen molar-refractivity contribution in [3.05, 3.63) is 35.9 Å². The molecule has 5 heterocycles. The van der Waals surface area contributed by atoms with Gasteiger partial charge in [0, 0.05) is 84.8 Å². The van der Waals surface area contributed by atoms with Gasteiger partial charge < -0.3 is 77.8 Å². The molecule has 1 aromatic carbocycles. The van der Waals surface area contributed by atoms with Crippen LogP contribution in [-0.4, -0.2) is 223 Å². The van der Waals surface area contributed by atoms with Crippen LogP contribution in [-0.2, 0) is 87.7 Å². The van der Waals surface area contributed by atoms with Crippen molar-refractivity contribution in [3.8, 4) is 0 Å². The number of amides is 1. The number of cyclic esters (lactones) is 1. The Balaban J connectivity index is 1.44. The van der Waals surface area contributed by atoms with E-state index >= 15 is 9.59 Å². The number of nitrogens with one attached hydrogen (secondary N) is 2. The molecule has 502 valence electrons. The lowest BCUT2D eigenvalue weighted by atomic mass is 9.75. The minimum absolute atomic E-state index is 0.0111. The number of aliphatic hydroxyl groups excluding tert-OH is 2. The molecule has 1 amide bonds. The highest BCUT2D eigenvalue weighted by Crippen LogP contribution is 2.39. The molecule has 88 heavy (non-hydrogen) atoms. The lowest BCUT2D eigenvalue weighted by molar-refractivity contribution is -0.305. The Morgan fingerprint density at radius 2 is 1.59 bits per heavy atom. The number of ether oxygens (including phenoxy) is 11. The molecule has 1 unspecified atom stereocenters. The third-order valence-electron chi connectivity index (χ3n) is 17.8. The van der Waals surface area contributed by atoms with Crippen molar-refractivity contribution in [2.45, 2.75) is 213 Å². The van der Waals surface area contributed by atoms with E-state index in [0.717, 1.165) is 5.56 Å². The monoisotopic (exact) mass is 1270 g/mol. The number of Topliss-reactive ketones (excluding diaryl/α,β-unsaturated/α-hetero) is 1. The fraction of sp³-hybridized carbons (Fsp3) is 0.825. The van der Waals surface area contributed by atoms with Crippen LogP contribution in [0.2, 0.25) is 0 Å². The zero-order valence-corrected chi connectivity index (χ0v) is 55.4. The number of aliphatic hydroxyl groups is 2. The summed E-state index contributed by atoms with van der Waals surface area (Å²) in [6.07, 6.45) is -10.5. The molecule has 0 aliphatic carbocycles. The largest absolute Gasteiger partial charge is 0.461 e. The average molecular weight is 1270 g/mol. The summed E-state index contributed by atoms with van der Waals surface area (Å²) < 4.78 is 93.8.